The second kappa shape index (κ2) is 6.45. The topological polar surface area (TPSA) is 65.5 Å². The summed E-state index contributed by atoms with van der Waals surface area (Å²) in [6, 6.07) is 3.26. The molecule has 3 N–H and O–H groups in total. The van der Waals surface area contributed by atoms with Crippen molar-refractivity contribution in [3.63, 3.8) is 0 Å². The number of guanidine groups is 1. The Morgan fingerprint density at radius 2 is 2.11 bits per heavy atom. The van der Waals surface area contributed by atoms with Gasteiger partial charge < -0.3 is 16.0 Å². The van der Waals surface area contributed by atoms with E-state index in [1.54, 1.807) is 12.1 Å². The molecule has 0 unspecified atom stereocenters. The molecule has 2 rings (SSSR count). The van der Waals surface area contributed by atoms with Crippen molar-refractivity contribution in [1.29, 1.82) is 0 Å². The average Bonchev–Trinajstić information content (AvgIpc) is 2.86. The zero-order valence-electron chi connectivity index (χ0n) is 9.77. The normalized spacial score (nSPS) is 13.7. The summed E-state index contributed by atoms with van der Waals surface area (Å²) in [6.45, 7) is 1.51. The van der Waals surface area contributed by atoms with Gasteiger partial charge in [0.05, 0.1) is 27.6 Å². The SMILES string of the molecule is O=C(CBr)Nc1cc(Cl)c(NC2=NCCN2)c(Cl)c1. The molecule has 1 aliphatic rings. The third-order valence-electron chi connectivity index (χ3n) is 2.36. The summed E-state index contributed by atoms with van der Waals surface area (Å²) in [5.41, 5.74) is 1.11. The number of nitrogens with zero attached hydrogens (tertiary/aromatic N) is 1. The molecule has 1 aromatic carbocycles. The van der Waals surface area contributed by atoms with Crippen molar-refractivity contribution in [3.8, 4) is 0 Å². The Bertz CT molecular complexity index is 512. The zero-order valence-corrected chi connectivity index (χ0v) is 12.9. The van der Waals surface area contributed by atoms with E-state index in [4.69, 9.17) is 23.2 Å². The highest BCUT2D eigenvalue weighted by molar-refractivity contribution is 9.09. The summed E-state index contributed by atoms with van der Waals surface area (Å²) < 4.78 is 0. The maximum Gasteiger partial charge on any atom is 0.235 e. The van der Waals surface area contributed by atoms with Crippen molar-refractivity contribution in [2.45, 2.75) is 0 Å². The molecule has 0 aliphatic carbocycles. The van der Waals surface area contributed by atoms with Gasteiger partial charge in [0.25, 0.3) is 0 Å². The Hall–Kier alpha value is -0.980. The summed E-state index contributed by atoms with van der Waals surface area (Å²) in [5, 5.41) is 9.78. The van der Waals surface area contributed by atoms with Crippen molar-refractivity contribution in [2.75, 3.05) is 29.1 Å². The van der Waals surface area contributed by atoms with E-state index in [1.807, 2.05) is 0 Å². The van der Waals surface area contributed by atoms with Crippen molar-refractivity contribution in [2.24, 2.45) is 4.99 Å². The molecule has 5 nitrogen and oxygen atoms in total. The summed E-state index contributed by atoms with van der Waals surface area (Å²) in [7, 11) is 0. The van der Waals surface area contributed by atoms with Crippen LogP contribution in [0.3, 0.4) is 0 Å². The van der Waals surface area contributed by atoms with E-state index in [2.05, 4.69) is 36.9 Å². The highest BCUT2D eigenvalue weighted by Gasteiger charge is 2.13. The second-order valence-electron chi connectivity index (χ2n) is 3.78. The van der Waals surface area contributed by atoms with Crippen molar-refractivity contribution in [3.05, 3.63) is 22.2 Å². The van der Waals surface area contributed by atoms with Gasteiger partial charge in [-0.25, -0.2) is 0 Å². The van der Waals surface area contributed by atoms with Gasteiger partial charge in [0.1, 0.15) is 0 Å². The number of benzene rings is 1. The summed E-state index contributed by atoms with van der Waals surface area (Å²) in [5.74, 6) is 0.468. The first kappa shape index (κ1) is 14.4. The number of anilines is 2. The Balaban J connectivity index is 2.19. The standard InChI is InChI=1S/C11H11BrCl2N4O/c12-5-9(19)17-6-3-7(13)10(8(14)4-6)18-11-15-1-2-16-11/h3-4H,1-2,5H2,(H,17,19)(H2,15,16,18). The van der Waals surface area contributed by atoms with Crippen LogP contribution in [0.15, 0.2) is 17.1 Å². The molecular weight excluding hydrogens is 355 g/mol. The molecule has 0 radical (unpaired) electrons. The van der Waals surface area contributed by atoms with E-state index in [0.717, 1.165) is 13.1 Å². The number of alkyl halides is 1. The van der Waals surface area contributed by atoms with Crippen molar-refractivity contribution >= 4 is 62.4 Å². The minimum absolute atomic E-state index is 0.172. The van der Waals surface area contributed by atoms with Gasteiger partial charge in [0.2, 0.25) is 5.91 Å². The minimum atomic E-state index is -0.172. The van der Waals surface area contributed by atoms with Crippen molar-refractivity contribution < 1.29 is 4.79 Å². The first-order valence-electron chi connectivity index (χ1n) is 5.50. The maximum absolute atomic E-state index is 11.3. The number of hydrogen-bond donors (Lipinski definition) is 3. The minimum Gasteiger partial charge on any atom is -0.354 e. The molecule has 19 heavy (non-hydrogen) atoms. The molecule has 1 heterocycles. The first-order valence-corrected chi connectivity index (χ1v) is 7.38. The Kier molecular flexibility index (Phi) is 4.90. The van der Waals surface area contributed by atoms with Crippen LogP contribution in [0.1, 0.15) is 0 Å². The number of carbonyl (C=O) groups excluding carboxylic acids is 1. The molecule has 1 aliphatic heterocycles. The monoisotopic (exact) mass is 364 g/mol. The van der Waals surface area contributed by atoms with Crippen LogP contribution >= 0.6 is 39.1 Å². The van der Waals surface area contributed by atoms with Gasteiger partial charge in [-0.3, -0.25) is 9.79 Å². The molecule has 0 saturated carbocycles. The van der Waals surface area contributed by atoms with Crippen LogP contribution in [-0.2, 0) is 4.79 Å². The van der Waals surface area contributed by atoms with E-state index < -0.39 is 0 Å². The number of amides is 1. The molecular formula is C11H11BrCl2N4O. The lowest BCUT2D eigenvalue weighted by atomic mass is 10.2. The van der Waals surface area contributed by atoms with Crippen LogP contribution in [0.25, 0.3) is 0 Å². The number of halogens is 3. The molecule has 1 amide bonds. The fourth-order valence-electron chi connectivity index (χ4n) is 1.56. The molecule has 0 bridgehead atoms. The van der Waals surface area contributed by atoms with Gasteiger partial charge >= 0.3 is 0 Å². The quantitative estimate of drug-likeness (QED) is 0.721. The predicted molar refractivity (Wildman–Crippen MR) is 82.8 cm³/mol. The fourth-order valence-corrected chi connectivity index (χ4v) is 2.28. The number of hydrogen-bond acceptors (Lipinski definition) is 4. The number of nitrogens with one attached hydrogen (secondary N) is 3. The summed E-state index contributed by atoms with van der Waals surface area (Å²) >= 11 is 15.4. The molecule has 0 saturated heterocycles. The van der Waals surface area contributed by atoms with Crippen LogP contribution < -0.4 is 16.0 Å². The third-order valence-corrected chi connectivity index (χ3v) is 3.47. The van der Waals surface area contributed by atoms with E-state index in [1.165, 1.54) is 0 Å². The highest BCUT2D eigenvalue weighted by Crippen LogP contribution is 2.33. The smallest absolute Gasteiger partial charge is 0.235 e. The fraction of sp³-hybridized carbons (Fsp3) is 0.273. The molecule has 8 heteroatoms. The molecule has 0 aromatic heterocycles. The van der Waals surface area contributed by atoms with Crippen LogP contribution in [0.2, 0.25) is 10.0 Å². The van der Waals surface area contributed by atoms with Gasteiger partial charge in [0, 0.05) is 12.2 Å². The van der Waals surface area contributed by atoms with Gasteiger partial charge in [-0.2, -0.15) is 0 Å². The van der Waals surface area contributed by atoms with Gasteiger partial charge in [-0.15, -0.1) is 0 Å². The Labute approximate surface area is 128 Å². The van der Waals surface area contributed by atoms with Gasteiger partial charge in [0.15, 0.2) is 5.96 Å². The highest BCUT2D eigenvalue weighted by atomic mass is 79.9. The second-order valence-corrected chi connectivity index (χ2v) is 5.15. The third kappa shape index (κ3) is 3.75. The number of aliphatic imine (C=N–C) groups is 1. The number of rotatable bonds is 3. The number of carbonyl (C=O) groups is 1. The van der Waals surface area contributed by atoms with Crippen LogP contribution in [0.4, 0.5) is 11.4 Å². The Morgan fingerprint density at radius 3 is 2.63 bits per heavy atom. The first-order chi connectivity index (χ1) is 9.10. The van der Waals surface area contributed by atoms with E-state index in [0.29, 0.717) is 27.4 Å². The lowest BCUT2D eigenvalue weighted by Crippen LogP contribution is -2.26. The largest absolute Gasteiger partial charge is 0.354 e. The van der Waals surface area contributed by atoms with Gasteiger partial charge in [-0.05, 0) is 12.1 Å². The van der Waals surface area contributed by atoms with E-state index >= 15 is 0 Å². The van der Waals surface area contributed by atoms with Crippen LogP contribution in [-0.4, -0.2) is 30.3 Å². The van der Waals surface area contributed by atoms with E-state index in [9.17, 15) is 4.79 Å². The van der Waals surface area contributed by atoms with E-state index in [-0.39, 0.29) is 11.2 Å². The average molecular weight is 366 g/mol. The molecule has 0 atom stereocenters. The van der Waals surface area contributed by atoms with Crippen LogP contribution in [0.5, 0.6) is 0 Å². The lowest BCUT2D eigenvalue weighted by Gasteiger charge is -2.12. The van der Waals surface area contributed by atoms with Crippen LogP contribution in [0, 0.1) is 0 Å². The Morgan fingerprint density at radius 1 is 1.42 bits per heavy atom. The summed E-state index contributed by atoms with van der Waals surface area (Å²) in [4.78, 5) is 15.5. The molecule has 0 fully saturated rings. The summed E-state index contributed by atoms with van der Waals surface area (Å²) in [6.07, 6.45) is 0. The lowest BCUT2D eigenvalue weighted by molar-refractivity contribution is -0.113. The maximum atomic E-state index is 11.3. The molecule has 102 valence electrons. The van der Waals surface area contributed by atoms with Crippen molar-refractivity contribution in [1.82, 2.24) is 5.32 Å². The predicted octanol–water partition coefficient (Wildman–Crippen LogP) is 2.70. The zero-order chi connectivity index (χ0) is 13.8. The molecule has 0 spiro atoms. The van der Waals surface area contributed by atoms with Gasteiger partial charge in [-0.1, -0.05) is 39.1 Å². The molecule has 1 aromatic rings.